The van der Waals surface area contributed by atoms with E-state index in [1.807, 2.05) is 34.2 Å². The number of aryl methyl sites for hydroxylation is 1. The number of hydrogen-bond donors (Lipinski definition) is 0. The molecule has 1 aliphatic rings. The van der Waals surface area contributed by atoms with Gasteiger partial charge in [-0.25, -0.2) is 13.4 Å². The van der Waals surface area contributed by atoms with Gasteiger partial charge in [0.15, 0.2) is 15.6 Å². The molecule has 0 aliphatic heterocycles. The molecule has 158 valence electrons. The number of Topliss-reactive ketones (excluding diaryl/α,β-unsaturated/α-hetero) is 1. The number of aromatic nitrogens is 3. The van der Waals surface area contributed by atoms with Crippen molar-refractivity contribution in [1.82, 2.24) is 14.5 Å². The third kappa shape index (κ3) is 3.81. The number of fused-ring (bicyclic) bond motifs is 1. The predicted molar refractivity (Wildman–Crippen MR) is 122 cm³/mol. The van der Waals surface area contributed by atoms with E-state index in [0.717, 1.165) is 21.2 Å². The molecule has 0 radical (unpaired) electrons. The first-order valence-corrected chi connectivity index (χ1v) is 12.7. The van der Waals surface area contributed by atoms with Gasteiger partial charge >= 0.3 is 0 Å². The summed E-state index contributed by atoms with van der Waals surface area (Å²) in [7, 11) is -3.42. The van der Waals surface area contributed by atoms with Gasteiger partial charge in [-0.1, -0.05) is 18.2 Å². The molecule has 31 heavy (non-hydrogen) atoms. The zero-order valence-corrected chi connectivity index (χ0v) is 18.6. The van der Waals surface area contributed by atoms with Gasteiger partial charge in [-0.3, -0.25) is 9.78 Å². The van der Waals surface area contributed by atoms with Crippen LogP contribution in [-0.2, 0) is 16.4 Å². The SMILES string of the molecule is Cc1nc(-c2cccnc2)n(Cc2cccc3ccsc23)c1C(=O)CS(=O)(=O)C1CC1. The van der Waals surface area contributed by atoms with Gasteiger partial charge in [-0.15, -0.1) is 11.3 Å². The molecule has 0 unspecified atom stereocenters. The molecule has 1 aliphatic carbocycles. The Hall–Kier alpha value is -2.84. The number of imidazole rings is 1. The maximum Gasteiger partial charge on any atom is 0.196 e. The number of thiophene rings is 1. The highest BCUT2D eigenvalue weighted by Crippen LogP contribution is 2.31. The Labute approximate surface area is 184 Å². The lowest BCUT2D eigenvalue weighted by atomic mass is 10.1. The minimum atomic E-state index is -3.42. The molecule has 3 aromatic heterocycles. The monoisotopic (exact) mass is 451 g/mol. The van der Waals surface area contributed by atoms with Crippen molar-refractivity contribution in [2.45, 2.75) is 31.6 Å². The van der Waals surface area contributed by atoms with Gasteiger partial charge in [0.1, 0.15) is 17.3 Å². The molecule has 0 saturated heterocycles. The van der Waals surface area contributed by atoms with E-state index < -0.39 is 21.4 Å². The van der Waals surface area contributed by atoms with E-state index in [4.69, 9.17) is 0 Å². The summed E-state index contributed by atoms with van der Waals surface area (Å²) in [6.45, 7) is 2.19. The molecule has 0 N–H and O–H groups in total. The van der Waals surface area contributed by atoms with E-state index in [2.05, 4.69) is 22.1 Å². The lowest BCUT2D eigenvalue weighted by Crippen LogP contribution is -2.23. The standard InChI is InChI=1S/C23H21N3O3S2/c1-15-21(20(27)14-31(28,29)19-7-8-19)26(23(25-15)17-6-3-10-24-12-17)13-18-5-2-4-16-9-11-30-22(16)18/h2-6,9-12,19H,7-8,13-14H2,1H3. The Kier molecular flexibility index (Phi) is 4.98. The quantitative estimate of drug-likeness (QED) is 0.392. The molecule has 6 nitrogen and oxygen atoms in total. The van der Waals surface area contributed by atoms with Crippen LogP contribution in [0.3, 0.4) is 0 Å². The number of ketones is 1. The number of carbonyl (C=O) groups excluding carboxylic acids is 1. The maximum atomic E-state index is 13.2. The number of hydrogen-bond acceptors (Lipinski definition) is 6. The van der Waals surface area contributed by atoms with Crippen LogP contribution in [0.25, 0.3) is 21.5 Å². The lowest BCUT2D eigenvalue weighted by Gasteiger charge is -2.13. The summed E-state index contributed by atoms with van der Waals surface area (Å²) >= 11 is 1.65. The smallest absolute Gasteiger partial charge is 0.196 e. The second-order valence-corrected chi connectivity index (χ2v) is 11.1. The zero-order chi connectivity index (χ0) is 21.6. The summed E-state index contributed by atoms with van der Waals surface area (Å²) in [4.78, 5) is 22.1. The maximum absolute atomic E-state index is 13.2. The number of pyridine rings is 1. The van der Waals surface area contributed by atoms with Gasteiger partial charge in [0.2, 0.25) is 0 Å². The zero-order valence-electron chi connectivity index (χ0n) is 17.0. The first-order chi connectivity index (χ1) is 14.9. The predicted octanol–water partition coefficient (Wildman–Crippen LogP) is 4.28. The van der Waals surface area contributed by atoms with Gasteiger partial charge < -0.3 is 4.57 Å². The van der Waals surface area contributed by atoms with Crippen LogP contribution in [-0.4, -0.2) is 39.7 Å². The summed E-state index contributed by atoms with van der Waals surface area (Å²) < 4.78 is 28.0. The van der Waals surface area contributed by atoms with Gasteiger partial charge in [-0.05, 0) is 54.3 Å². The fourth-order valence-corrected chi connectivity index (χ4v) is 6.44. The molecule has 3 heterocycles. The van der Waals surface area contributed by atoms with Crippen molar-refractivity contribution >= 4 is 37.0 Å². The van der Waals surface area contributed by atoms with Crippen molar-refractivity contribution in [2.75, 3.05) is 5.75 Å². The van der Waals surface area contributed by atoms with Crippen LogP contribution < -0.4 is 0 Å². The van der Waals surface area contributed by atoms with Crippen LogP contribution in [0.15, 0.2) is 54.2 Å². The van der Waals surface area contributed by atoms with Crippen LogP contribution in [0.5, 0.6) is 0 Å². The highest BCUT2D eigenvalue weighted by atomic mass is 32.2. The molecule has 8 heteroatoms. The van der Waals surface area contributed by atoms with E-state index >= 15 is 0 Å². The largest absolute Gasteiger partial charge is 0.317 e. The van der Waals surface area contributed by atoms with Crippen molar-refractivity contribution < 1.29 is 13.2 Å². The highest BCUT2D eigenvalue weighted by Gasteiger charge is 2.38. The van der Waals surface area contributed by atoms with Crippen LogP contribution in [0.1, 0.15) is 34.6 Å². The van der Waals surface area contributed by atoms with Crippen LogP contribution in [0.2, 0.25) is 0 Å². The summed E-state index contributed by atoms with van der Waals surface area (Å²) in [6.07, 6.45) is 4.69. The fraction of sp³-hybridized carbons (Fsp3) is 0.261. The third-order valence-electron chi connectivity index (χ3n) is 5.58. The number of carbonyl (C=O) groups is 1. The fourth-order valence-electron chi connectivity index (χ4n) is 3.94. The number of rotatable bonds is 7. The summed E-state index contributed by atoms with van der Waals surface area (Å²) in [5.74, 6) is -0.253. The van der Waals surface area contributed by atoms with Gasteiger partial charge in [-0.2, -0.15) is 0 Å². The first kappa shape index (κ1) is 20.1. The van der Waals surface area contributed by atoms with Crippen molar-refractivity contribution in [3.8, 4) is 11.4 Å². The molecule has 1 fully saturated rings. The van der Waals surface area contributed by atoms with E-state index in [0.29, 0.717) is 36.6 Å². The van der Waals surface area contributed by atoms with Crippen molar-refractivity contribution in [2.24, 2.45) is 0 Å². The minimum Gasteiger partial charge on any atom is -0.317 e. The molecule has 0 amide bonds. The Bertz CT molecular complexity index is 1380. The Morgan fingerprint density at radius 2 is 2.03 bits per heavy atom. The average Bonchev–Trinajstić information content (AvgIpc) is 3.42. The van der Waals surface area contributed by atoms with Crippen molar-refractivity contribution in [3.63, 3.8) is 0 Å². The third-order valence-corrected chi connectivity index (χ3v) is 8.74. The van der Waals surface area contributed by atoms with Gasteiger partial charge in [0, 0.05) is 22.7 Å². The van der Waals surface area contributed by atoms with E-state index in [1.165, 1.54) is 0 Å². The minimum absolute atomic E-state index is 0.358. The number of benzene rings is 1. The van der Waals surface area contributed by atoms with Gasteiger partial charge in [0.25, 0.3) is 0 Å². The van der Waals surface area contributed by atoms with Crippen LogP contribution in [0.4, 0.5) is 0 Å². The van der Waals surface area contributed by atoms with E-state index in [1.54, 1.807) is 30.7 Å². The molecular formula is C23H21N3O3S2. The van der Waals surface area contributed by atoms with Crippen molar-refractivity contribution in [1.29, 1.82) is 0 Å². The molecule has 5 rings (SSSR count). The summed E-state index contributed by atoms with van der Waals surface area (Å²) in [5.41, 5.74) is 2.74. The first-order valence-electron chi connectivity index (χ1n) is 10.1. The second kappa shape index (κ2) is 7.69. The molecular weight excluding hydrogens is 430 g/mol. The highest BCUT2D eigenvalue weighted by molar-refractivity contribution is 7.93. The number of sulfone groups is 1. The second-order valence-electron chi connectivity index (χ2n) is 7.88. The van der Waals surface area contributed by atoms with Gasteiger partial charge in [0.05, 0.1) is 17.5 Å². The topological polar surface area (TPSA) is 81.9 Å². The van der Waals surface area contributed by atoms with E-state index in [9.17, 15) is 13.2 Å². The molecule has 1 aromatic carbocycles. The molecule has 1 saturated carbocycles. The molecule has 0 spiro atoms. The summed E-state index contributed by atoms with van der Waals surface area (Å²) in [5, 5.41) is 2.82. The molecule has 0 bridgehead atoms. The van der Waals surface area contributed by atoms with Crippen LogP contribution >= 0.6 is 11.3 Å². The van der Waals surface area contributed by atoms with Crippen LogP contribution in [0, 0.1) is 6.92 Å². The lowest BCUT2D eigenvalue weighted by molar-refractivity contribution is 0.101. The Balaban J connectivity index is 1.63. The molecule has 0 atom stereocenters. The van der Waals surface area contributed by atoms with E-state index in [-0.39, 0.29) is 5.25 Å². The number of nitrogens with zero attached hydrogens (tertiary/aromatic N) is 3. The summed E-state index contributed by atoms with van der Waals surface area (Å²) in [6, 6.07) is 11.9. The normalized spacial score (nSPS) is 14.2. The molecule has 4 aromatic rings. The Morgan fingerprint density at radius 1 is 1.19 bits per heavy atom. The van der Waals surface area contributed by atoms with Crippen molar-refractivity contribution in [3.05, 3.63) is 71.1 Å². The Morgan fingerprint density at radius 3 is 2.77 bits per heavy atom. The average molecular weight is 452 g/mol.